The minimum Gasteiger partial charge on any atom is -0.328 e. The molecule has 0 bridgehead atoms. The van der Waals surface area contributed by atoms with Gasteiger partial charge in [-0.3, -0.25) is 4.79 Å². The third-order valence-electron chi connectivity index (χ3n) is 7.18. The van der Waals surface area contributed by atoms with E-state index >= 15 is 0 Å². The topological polar surface area (TPSA) is 38.1 Å². The first-order valence-electron chi connectivity index (χ1n) is 11.9. The Morgan fingerprint density at radius 3 is 2.52 bits per heavy atom. The van der Waals surface area contributed by atoms with E-state index in [4.69, 9.17) is 4.98 Å². The van der Waals surface area contributed by atoms with E-state index in [2.05, 4.69) is 60.9 Å². The van der Waals surface area contributed by atoms with E-state index in [1.807, 2.05) is 4.90 Å². The number of aromatic nitrogens is 2. The Morgan fingerprint density at radius 2 is 1.74 bits per heavy atom. The Bertz CT molecular complexity index is 1070. The fraction of sp³-hybridized carbons (Fsp3) is 0.481. The van der Waals surface area contributed by atoms with Gasteiger partial charge >= 0.3 is 0 Å². The predicted octanol–water partition coefficient (Wildman–Crippen LogP) is 6.14. The summed E-state index contributed by atoms with van der Waals surface area (Å²) in [5.74, 6) is 2.28. The lowest BCUT2D eigenvalue weighted by molar-refractivity contribution is -0.117. The predicted molar refractivity (Wildman–Crippen MR) is 127 cm³/mol. The number of fused-ring (bicyclic) bond motifs is 1. The first kappa shape index (κ1) is 20.3. The maximum absolute atomic E-state index is 13.0. The second kappa shape index (κ2) is 8.49. The Labute approximate surface area is 185 Å². The molecule has 2 aliphatic rings. The van der Waals surface area contributed by atoms with Crippen molar-refractivity contribution < 1.29 is 4.79 Å². The number of aryl methyl sites for hydroxylation is 3. The van der Waals surface area contributed by atoms with Crippen LogP contribution in [0.5, 0.6) is 0 Å². The molecule has 1 aliphatic carbocycles. The normalized spacial score (nSPS) is 20.1. The van der Waals surface area contributed by atoms with E-state index < -0.39 is 0 Å². The third-order valence-corrected chi connectivity index (χ3v) is 7.18. The number of carbonyl (C=O) groups excluding carboxylic acids is 1. The fourth-order valence-corrected chi connectivity index (χ4v) is 5.66. The Kier molecular flexibility index (Phi) is 5.56. The van der Waals surface area contributed by atoms with Gasteiger partial charge in [-0.1, -0.05) is 50.3 Å². The molecule has 1 aliphatic heterocycles. The molecule has 31 heavy (non-hydrogen) atoms. The van der Waals surface area contributed by atoms with Gasteiger partial charge in [-0.05, 0) is 61.6 Å². The van der Waals surface area contributed by atoms with Crippen LogP contribution in [0, 0.1) is 19.8 Å². The number of rotatable bonds is 5. The number of hydrogen-bond acceptors (Lipinski definition) is 2. The van der Waals surface area contributed by atoms with Crippen molar-refractivity contribution in [2.24, 2.45) is 5.92 Å². The molecule has 2 heterocycles. The highest BCUT2D eigenvalue weighted by Gasteiger charge is 2.35. The lowest BCUT2D eigenvalue weighted by Gasteiger charge is -2.23. The van der Waals surface area contributed by atoms with Gasteiger partial charge in [0.1, 0.15) is 5.82 Å². The van der Waals surface area contributed by atoms with E-state index in [-0.39, 0.29) is 11.8 Å². The van der Waals surface area contributed by atoms with E-state index in [1.165, 1.54) is 55.2 Å². The van der Waals surface area contributed by atoms with Crippen molar-refractivity contribution in [3.8, 4) is 0 Å². The van der Waals surface area contributed by atoms with Crippen LogP contribution in [0.3, 0.4) is 0 Å². The zero-order chi connectivity index (χ0) is 21.4. The minimum absolute atomic E-state index is 0.145. The average molecular weight is 416 g/mol. The van der Waals surface area contributed by atoms with Crippen molar-refractivity contribution in [2.45, 2.75) is 71.3 Å². The zero-order valence-electron chi connectivity index (χ0n) is 18.8. The Balaban J connectivity index is 1.43. The number of amides is 1. The number of para-hydroxylation sites is 2. The molecular weight excluding hydrogens is 382 g/mol. The van der Waals surface area contributed by atoms with Gasteiger partial charge in [0, 0.05) is 31.1 Å². The van der Waals surface area contributed by atoms with E-state index in [0.717, 1.165) is 29.5 Å². The number of benzene rings is 2. The quantitative estimate of drug-likeness (QED) is 0.502. The van der Waals surface area contributed by atoms with Gasteiger partial charge in [-0.15, -0.1) is 0 Å². The van der Waals surface area contributed by atoms with Gasteiger partial charge in [-0.2, -0.15) is 0 Å². The standard InChI is InChI=1S/C27H33N3O/c1-19-14-20(2)16-23(15-19)30-18-22(17-26(30)31)27-28-24-10-6-7-11-25(24)29(27)13-12-21-8-4-3-5-9-21/h6-7,10-11,14-16,21-22H,3-5,8-9,12-13,17-18H2,1-2H3/t22-/m0/s1. The molecule has 4 heteroatoms. The van der Waals surface area contributed by atoms with Crippen LogP contribution in [0.15, 0.2) is 42.5 Å². The summed E-state index contributed by atoms with van der Waals surface area (Å²) in [6.45, 7) is 5.92. The summed E-state index contributed by atoms with van der Waals surface area (Å²) in [6.07, 6.45) is 8.64. The van der Waals surface area contributed by atoms with Crippen LogP contribution in [-0.4, -0.2) is 22.0 Å². The summed E-state index contributed by atoms with van der Waals surface area (Å²) in [5, 5.41) is 0. The molecular formula is C27H33N3O. The van der Waals surface area contributed by atoms with Crippen molar-refractivity contribution in [1.82, 2.24) is 9.55 Å². The molecule has 4 nitrogen and oxygen atoms in total. The molecule has 0 N–H and O–H groups in total. The first-order chi connectivity index (χ1) is 15.1. The molecule has 5 rings (SSSR count). The van der Waals surface area contributed by atoms with Crippen molar-refractivity contribution in [1.29, 1.82) is 0 Å². The summed E-state index contributed by atoms with van der Waals surface area (Å²) in [4.78, 5) is 20.0. The summed E-state index contributed by atoms with van der Waals surface area (Å²) in [6, 6.07) is 14.9. The van der Waals surface area contributed by atoms with Gasteiger partial charge in [0.25, 0.3) is 0 Å². The molecule has 1 atom stereocenters. The van der Waals surface area contributed by atoms with E-state index in [9.17, 15) is 4.79 Å². The van der Waals surface area contributed by atoms with Gasteiger partial charge in [0.05, 0.1) is 11.0 Å². The fourth-order valence-electron chi connectivity index (χ4n) is 5.66. The SMILES string of the molecule is Cc1cc(C)cc(N2C[C@@H](c3nc4ccccc4n3CCC3CCCCC3)CC2=O)c1. The van der Waals surface area contributed by atoms with Crippen molar-refractivity contribution in [3.05, 3.63) is 59.4 Å². The van der Waals surface area contributed by atoms with Crippen LogP contribution in [0.2, 0.25) is 0 Å². The smallest absolute Gasteiger partial charge is 0.227 e. The molecule has 0 spiro atoms. The summed E-state index contributed by atoms with van der Waals surface area (Å²) in [7, 11) is 0. The van der Waals surface area contributed by atoms with Crippen LogP contribution in [0.25, 0.3) is 11.0 Å². The number of hydrogen-bond donors (Lipinski definition) is 0. The number of imidazole rings is 1. The van der Waals surface area contributed by atoms with E-state index in [1.54, 1.807) is 0 Å². The maximum Gasteiger partial charge on any atom is 0.227 e. The van der Waals surface area contributed by atoms with Crippen LogP contribution >= 0.6 is 0 Å². The minimum atomic E-state index is 0.145. The second-order valence-electron chi connectivity index (χ2n) is 9.65. The number of anilines is 1. The van der Waals surface area contributed by atoms with Gasteiger partial charge in [0.15, 0.2) is 0 Å². The monoisotopic (exact) mass is 415 g/mol. The maximum atomic E-state index is 13.0. The van der Waals surface area contributed by atoms with Crippen LogP contribution in [-0.2, 0) is 11.3 Å². The lowest BCUT2D eigenvalue weighted by Crippen LogP contribution is -2.24. The Hall–Kier alpha value is -2.62. The molecule has 1 aromatic heterocycles. The van der Waals surface area contributed by atoms with E-state index in [0.29, 0.717) is 13.0 Å². The Morgan fingerprint density at radius 1 is 1.00 bits per heavy atom. The van der Waals surface area contributed by atoms with Gasteiger partial charge in [0.2, 0.25) is 5.91 Å². The summed E-state index contributed by atoms with van der Waals surface area (Å²) >= 11 is 0. The first-order valence-corrected chi connectivity index (χ1v) is 11.9. The van der Waals surface area contributed by atoms with Crippen LogP contribution in [0.1, 0.15) is 67.8 Å². The highest BCUT2D eigenvalue weighted by molar-refractivity contribution is 5.96. The summed E-state index contributed by atoms with van der Waals surface area (Å²) < 4.78 is 2.42. The number of carbonyl (C=O) groups is 1. The molecule has 162 valence electrons. The largest absolute Gasteiger partial charge is 0.328 e. The molecule has 0 radical (unpaired) electrons. The second-order valence-corrected chi connectivity index (χ2v) is 9.65. The van der Waals surface area contributed by atoms with Gasteiger partial charge in [-0.25, -0.2) is 4.98 Å². The molecule has 2 fully saturated rings. The highest BCUT2D eigenvalue weighted by Crippen LogP contribution is 2.35. The van der Waals surface area contributed by atoms with Crippen molar-refractivity contribution in [3.63, 3.8) is 0 Å². The van der Waals surface area contributed by atoms with Crippen LogP contribution in [0.4, 0.5) is 5.69 Å². The zero-order valence-corrected chi connectivity index (χ0v) is 18.8. The third kappa shape index (κ3) is 4.13. The molecule has 1 saturated heterocycles. The number of nitrogens with zero attached hydrogens (tertiary/aromatic N) is 3. The lowest BCUT2D eigenvalue weighted by atomic mass is 9.87. The molecule has 0 unspecified atom stereocenters. The molecule has 2 aromatic carbocycles. The van der Waals surface area contributed by atoms with Crippen molar-refractivity contribution >= 4 is 22.6 Å². The van der Waals surface area contributed by atoms with Crippen molar-refractivity contribution in [2.75, 3.05) is 11.4 Å². The average Bonchev–Trinajstić information content (AvgIpc) is 3.33. The molecule has 1 amide bonds. The highest BCUT2D eigenvalue weighted by atomic mass is 16.2. The van der Waals surface area contributed by atoms with Crippen LogP contribution < -0.4 is 4.90 Å². The van der Waals surface area contributed by atoms with Gasteiger partial charge < -0.3 is 9.47 Å². The molecule has 3 aromatic rings. The summed E-state index contributed by atoms with van der Waals surface area (Å²) in [5.41, 5.74) is 5.69. The molecule has 1 saturated carbocycles.